The fourth-order valence-corrected chi connectivity index (χ4v) is 4.35. The van der Waals surface area contributed by atoms with E-state index in [4.69, 9.17) is 4.74 Å². The Morgan fingerprint density at radius 2 is 2.04 bits per heavy atom. The summed E-state index contributed by atoms with van der Waals surface area (Å²) in [6, 6.07) is 6.85. The van der Waals surface area contributed by atoms with E-state index in [2.05, 4.69) is 51.4 Å². The lowest BCUT2D eigenvalue weighted by atomic mass is 10.1. The highest BCUT2D eigenvalue weighted by atomic mass is 16.5. The number of nitrogens with zero attached hydrogens (tertiary/aromatic N) is 4. The van der Waals surface area contributed by atoms with Crippen LogP contribution in [-0.2, 0) is 11.3 Å². The summed E-state index contributed by atoms with van der Waals surface area (Å²) >= 11 is 0. The number of imidazole rings is 1. The zero-order valence-corrected chi connectivity index (χ0v) is 14.8. The molecule has 0 aromatic carbocycles. The predicted molar refractivity (Wildman–Crippen MR) is 95.1 cm³/mol. The molecule has 2 aromatic rings. The third kappa shape index (κ3) is 3.34. The number of morpholine rings is 1. The fourth-order valence-electron chi connectivity index (χ4n) is 4.35. The van der Waals surface area contributed by atoms with Crippen LogP contribution >= 0.6 is 0 Å². The van der Waals surface area contributed by atoms with Gasteiger partial charge in [0.25, 0.3) is 0 Å². The van der Waals surface area contributed by atoms with E-state index in [0.29, 0.717) is 18.2 Å². The van der Waals surface area contributed by atoms with E-state index >= 15 is 0 Å². The Kier molecular flexibility index (Phi) is 4.57. The standard InChI is InChI=1S/C19H28N4O/c1-15-11-21(12-16(2)24-15)13-17-6-5-8-22(17)14-18-10-20-19-7-3-4-9-23(18)19/h3-4,7,9-10,15-17H,5-6,8,11-14H2,1-2H3/t15-,16+,17-/m1/s1. The van der Waals surface area contributed by atoms with Gasteiger partial charge in [-0.3, -0.25) is 9.80 Å². The number of likely N-dealkylation sites (tertiary alicyclic amines) is 1. The molecule has 0 saturated carbocycles. The highest BCUT2D eigenvalue weighted by Gasteiger charge is 2.30. The normalized spacial score (nSPS) is 29.5. The minimum Gasteiger partial charge on any atom is -0.373 e. The van der Waals surface area contributed by atoms with Crippen LogP contribution in [0.5, 0.6) is 0 Å². The van der Waals surface area contributed by atoms with Crippen molar-refractivity contribution in [2.45, 2.75) is 51.5 Å². The summed E-state index contributed by atoms with van der Waals surface area (Å²) in [5.41, 5.74) is 2.33. The molecule has 0 unspecified atom stereocenters. The van der Waals surface area contributed by atoms with E-state index in [1.807, 2.05) is 12.3 Å². The SMILES string of the molecule is C[C@@H]1CN(C[C@H]2CCCN2Cc2cnc3ccccn23)C[C@H](C)O1. The molecule has 5 heteroatoms. The molecule has 0 N–H and O–H groups in total. The molecule has 5 nitrogen and oxygen atoms in total. The van der Waals surface area contributed by atoms with Crippen LogP contribution in [-0.4, -0.2) is 63.6 Å². The van der Waals surface area contributed by atoms with Crippen molar-refractivity contribution in [1.29, 1.82) is 0 Å². The average Bonchev–Trinajstić information content (AvgIpc) is 3.15. The Morgan fingerprint density at radius 3 is 2.88 bits per heavy atom. The first-order chi connectivity index (χ1) is 11.7. The highest BCUT2D eigenvalue weighted by Crippen LogP contribution is 2.23. The Labute approximate surface area is 144 Å². The summed E-state index contributed by atoms with van der Waals surface area (Å²) in [6.45, 7) is 9.84. The number of aromatic nitrogens is 2. The minimum atomic E-state index is 0.349. The Bertz CT molecular complexity index is 675. The molecular formula is C19H28N4O. The van der Waals surface area contributed by atoms with Gasteiger partial charge in [0.05, 0.1) is 24.1 Å². The van der Waals surface area contributed by atoms with Crippen LogP contribution in [0.3, 0.4) is 0 Å². The van der Waals surface area contributed by atoms with Gasteiger partial charge >= 0.3 is 0 Å². The van der Waals surface area contributed by atoms with Gasteiger partial charge in [-0.15, -0.1) is 0 Å². The van der Waals surface area contributed by atoms with Crippen LogP contribution in [0, 0.1) is 0 Å². The summed E-state index contributed by atoms with van der Waals surface area (Å²) in [5, 5.41) is 0. The van der Waals surface area contributed by atoms with E-state index in [-0.39, 0.29) is 0 Å². The summed E-state index contributed by atoms with van der Waals surface area (Å²) in [4.78, 5) is 9.76. The molecule has 0 spiro atoms. The van der Waals surface area contributed by atoms with Gasteiger partial charge in [0.2, 0.25) is 0 Å². The molecule has 130 valence electrons. The van der Waals surface area contributed by atoms with Gasteiger partial charge in [-0.25, -0.2) is 4.98 Å². The van der Waals surface area contributed by atoms with E-state index < -0.39 is 0 Å². The van der Waals surface area contributed by atoms with Gasteiger partial charge < -0.3 is 9.14 Å². The number of hydrogen-bond donors (Lipinski definition) is 0. The molecule has 4 rings (SSSR count). The fraction of sp³-hybridized carbons (Fsp3) is 0.632. The Balaban J connectivity index is 1.43. The van der Waals surface area contributed by atoms with Crippen molar-refractivity contribution in [3.05, 3.63) is 36.3 Å². The van der Waals surface area contributed by atoms with Crippen molar-refractivity contribution in [3.63, 3.8) is 0 Å². The van der Waals surface area contributed by atoms with Crippen molar-refractivity contribution in [3.8, 4) is 0 Å². The van der Waals surface area contributed by atoms with Gasteiger partial charge in [0.15, 0.2) is 0 Å². The number of hydrogen-bond acceptors (Lipinski definition) is 4. The maximum atomic E-state index is 5.87. The number of rotatable bonds is 4. The van der Waals surface area contributed by atoms with E-state index in [1.54, 1.807) is 0 Å². The smallest absolute Gasteiger partial charge is 0.136 e. The van der Waals surface area contributed by atoms with Gasteiger partial charge in [0, 0.05) is 38.4 Å². The second-order valence-corrected chi connectivity index (χ2v) is 7.42. The van der Waals surface area contributed by atoms with Crippen LogP contribution < -0.4 is 0 Å². The zero-order chi connectivity index (χ0) is 16.5. The Hall–Kier alpha value is -1.43. The van der Waals surface area contributed by atoms with Gasteiger partial charge in [-0.2, -0.15) is 0 Å². The lowest BCUT2D eigenvalue weighted by Crippen LogP contribution is -2.50. The van der Waals surface area contributed by atoms with Crippen molar-refractivity contribution in [2.24, 2.45) is 0 Å². The molecule has 0 bridgehead atoms. The average molecular weight is 328 g/mol. The second kappa shape index (κ2) is 6.82. The molecule has 2 fully saturated rings. The number of fused-ring (bicyclic) bond motifs is 1. The van der Waals surface area contributed by atoms with Gasteiger partial charge in [0.1, 0.15) is 5.65 Å². The predicted octanol–water partition coefficient (Wildman–Crippen LogP) is 2.41. The van der Waals surface area contributed by atoms with Crippen molar-refractivity contribution in [1.82, 2.24) is 19.2 Å². The zero-order valence-electron chi connectivity index (χ0n) is 14.8. The lowest BCUT2D eigenvalue weighted by Gasteiger charge is -2.38. The first-order valence-electron chi connectivity index (χ1n) is 9.22. The molecule has 0 radical (unpaired) electrons. The maximum Gasteiger partial charge on any atom is 0.136 e. The third-order valence-corrected chi connectivity index (χ3v) is 5.32. The summed E-state index contributed by atoms with van der Waals surface area (Å²) in [6.07, 6.45) is 7.45. The van der Waals surface area contributed by atoms with E-state index in [1.165, 1.54) is 25.1 Å². The summed E-state index contributed by atoms with van der Waals surface area (Å²) < 4.78 is 8.09. The molecule has 3 atom stereocenters. The lowest BCUT2D eigenvalue weighted by molar-refractivity contribution is -0.0724. The molecule has 0 amide bonds. The molecule has 2 aliphatic heterocycles. The Morgan fingerprint density at radius 1 is 1.21 bits per heavy atom. The van der Waals surface area contributed by atoms with Crippen molar-refractivity contribution >= 4 is 5.65 Å². The van der Waals surface area contributed by atoms with E-state index in [0.717, 1.165) is 31.8 Å². The quantitative estimate of drug-likeness (QED) is 0.863. The molecule has 2 saturated heterocycles. The topological polar surface area (TPSA) is 33.0 Å². The van der Waals surface area contributed by atoms with Crippen LogP contribution in [0.4, 0.5) is 0 Å². The maximum absolute atomic E-state index is 5.87. The molecular weight excluding hydrogens is 300 g/mol. The molecule has 2 aliphatic rings. The first kappa shape index (κ1) is 16.1. The van der Waals surface area contributed by atoms with Crippen LogP contribution in [0.2, 0.25) is 0 Å². The monoisotopic (exact) mass is 328 g/mol. The third-order valence-electron chi connectivity index (χ3n) is 5.32. The first-order valence-corrected chi connectivity index (χ1v) is 9.22. The molecule has 0 aliphatic carbocycles. The van der Waals surface area contributed by atoms with Crippen LogP contribution in [0.1, 0.15) is 32.4 Å². The van der Waals surface area contributed by atoms with E-state index in [9.17, 15) is 0 Å². The number of pyridine rings is 1. The minimum absolute atomic E-state index is 0.349. The summed E-state index contributed by atoms with van der Waals surface area (Å²) in [7, 11) is 0. The number of ether oxygens (including phenoxy) is 1. The van der Waals surface area contributed by atoms with Crippen molar-refractivity contribution < 1.29 is 4.74 Å². The van der Waals surface area contributed by atoms with Crippen LogP contribution in [0.25, 0.3) is 5.65 Å². The van der Waals surface area contributed by atoms with Crippen LogP contribution in [0.15, 0.2) is 30.6 Å². The molecule has 2 aromatic heterocycles. The largest absolute Gasteiger partial charge is 0.373 e. The molecule has 4 heterocycles. The second-order valence-electron chi connectivity index (χ2n) is 7.42. The highest BCUT2D eigenvalue weighted by molar-refractivity contribution is 5.39. The molecule has 24 heavy (non-hydrogen) atoms. The van der Waals surface area contributed by atoms with Gasteiger partial charge in [-0.1, -0.05) is 6.07 Å². The summed E-state index contributed by atoms with van der Waals surface area (Å²) in [5.74, 6) is 0. The van der Waals surface area contributed by atoms with Gasteiger partial charge in [-0.05, 0) is 45.4 Å². The van der Waals surface area contributed by atoms with Crippen molar-refractivity contribution in [2.75, 3.05) is 26.2 Å².